The van der Waals surface area contributed by atoms with Gasteiger partial charge in [0.1, 0.15) is 5.82 Å². The van der Waals surface area contributed by atoms with E-state index in [1.165, 1.54) is 0 Å². The van der Waals surface area contributed by atoms with Gasteiger partial charge < -0.3 is 14.8 Å². The number of anilines is 1. The van der Waals surface area contributed by atoms with Gasteiger partial charge in [-0.15, -0.1) is 6.58 Å². The molecule has 0 saturated carbocycles. The van der Waals surface area contributed by atoms with Crippen LogP contribution in [0.25, 0.3) is 10.8 Å². The van der Waals surface area contributed by atoms with Crippen molar-refractivity contribution in [2.24, 2.45) is 0 Å². The zero-order valence-electron chi connectivity index (χ0n) is 10.6. The quantitative estimate of drug-likeness (QED) is 0.821. The number of benzene rings is 1. The van der Waals surface area contributed by atoms with Crippen LogP contribution in [0.4, 0.5) is 5.82 Å². The minimum absolute atomic E-state index is 0.667. The largest absolute Gasteiger partial charge is 0.493 e. The van der Waals surface area contributed by atoms with E-state index in [-0.39, 0.29) is 0 Å². The van der Waals surface area contributed by atoms with E-state index in [0.29, 0.717) is 18.0 Å². The highest BCUT2D eigenvalue weighted by molar-refractivity contribution is 5.94. The first-order valence-corrected chi connectivity index (χ1v) is 5.65. The normalized spacial score (nSPS) is 10.1. The molecule has 18 heavy (non-hydrogen) atoms. The second-order valence-corrected chi connectivity index (χ2v) is 3.76. The molecule has 1 N–H and O–H groups in total. The molecule has 0 atom stereocenters. The number of ether oxygens (including phenoxy) is 2. The topological polar surface area (TPSA) is 43.4 Å². The molecular formula is C14H16N2O2. The molecular weight excluding hydrogens is 228 g/mol. The van der Waals surface area contributed by atoms with Crippen LogP contribution in [0.15, 0.2) is 37.1 Å². The van der Waals surface area contributed by atoms with E-state index in [1.807, 2.05) is 18.2 Å². The highest BCUT2D eigenvalue weighted by Crippen LogP contribution is 2.34. The van der Waals surface area contributed by atoms with Crippen molar-refractivity contribution in [3.63, 3.8) is 0 Å². The molecule has 1 aromatic heterocycles. The fourth-order valence-electron chi connectivity index (χ4n) is 1.81. The van der Waals surface area contributed by atoms with Gasteiger partial charge in [-0.25, -0.2) is 4.98 Å². The van der Waals surface area contributed by atoms with Crippen LogP contribution in [0.2, 0.25) is 0 Å². The van der Waals surface area contributed by atoms with Gasteiger partial charge in [0, 0.05) is 18.1 Å². The molecule has 1 heterocycles. The number of fused-ring (bicyclic) bond motifs is 1. The number of hydrogen-bond donors (Lipinski definition) is 1. The lowest BCUT2D eigenvalue weighted by Gasteiger charge is -2.11. The summed E-state index contributed by atoms with van der Waals surface area (Å²) in [5, 5.41) is 5.25. The summed E-state index contributed by atoms with van der Waals surface area (Å²) in [5.41, 5.74) is 0. The molecule has 0 radical (unpaired) electrons. The molecule has 0 spiro atoms. The Balaban J connectivity index is 2.57. The van der Waals surface area contributed by atoms with E-state index < -0.39 is 0 Å². The molecule has 94 valence electrons. The van der Waals surface area contributed by atoms with Crippen molar-refractivity contribution in [1.29, 1.82) is 0 Å². The summed E-state index contributed by atoms with van der Waals surface area (Å²) < 4.78 is 10.6. The maximum absolute atomic E-state index is 5.30. The number of rotatable bonds is 5. The van der Waals surface area contributed by atoms with Crippen LogP contribution >= 0.6 is 0 Å². The summed E-state index contributed by atoms with van der Waals surface area (Å²) in [7, 11) is 3.25. The van der Waals surface area contributed by atoms with Crippen LogP contribution < -0.4 is 14.8 Å². The highest BCUT2D eigenvalue weighted by Gasteiger charge is 2.09. The zero-order valence-corrected chi connectivity index (χ0v) is 10.6. The molecule has 0 saturated heterocycles. The lowest BCUT2D eigenvalue weighted by molar-refractivity contribution is 0.356. The third-order valence-electron chi connectivity index (χ3n) is 2.68. The minimum atomic E-state index is 0.667. The summed E-state index contributed by atoms with van der Waals surface area (Å²) >= 11 is 0. The van der Waals surface area contributed by atoms with Crippen LogP contribution in [-0.2, 0) is 0 Å². The molecule has 0 unspecified atom stereocenters. The standard InChI is InChI=1S/C14H16N2O2/c1-4-6-15-14-11-9-13(18-3)12(17-2)8-10(11)5-7-16-14/h4-5,7-9H,1,6H2,2-3H3,(H,15,16). The first-order chi connectivity index (χ1) is 8.80. The Morgan fingerprint density at radius 2 is 2.00 bits per heavy atom. The van der Waals surface area contributed by atoms with E-state index in [9.17, 15) is 0 Å². The first-order valence-electron chi connectivity index (χ1n) is 5.65. The Morgan fingerprint density at radius 3 is 2.67 bits per heavy atom. The van der Waals surface area contributed by atoms with Gasteiger partial charge in [-0.1, -0.05) is 6.08 Å². The Labute approximate surface area is 106 Å². The predicted molar refractivity (Wildman–Crippen MR) is 73.5 cm³/mol. The Bertz CT molecular complexity index is 567. The van der Waals surface area contributed by atoms with Crippen LogP contribution in [0.1, 0.15) is 0 Å². The van der Waals surface area contributed by atoms with E-state index >= 15 is 0 Å². The van der Waals surface area contributed by atoms with Gasteiger partial charge in [0.25, 0.3) is 0 Å². The van der Waals surface area contributed by atoms with Gasteiger partial charge >= 0.3 is 0 Å². The first kappa shape index (κ1) is 12.2. The van der Waals surface area contributed by atoms with Gasteiger partial charge in [0.2, 0.25) is 0 Å². The van der Waals surface area contributed by atoms with E-state index in [2.05, 4.69) is 16.9 Å². The number of aromatic nitrogens is 1. The fraction of sp³-hybridized carbons (Fsp3) is 0.214. The Morgan fingerprint density at radius 1 is 1.28 bits per heavy atom. The van der Waals surface area contributed by atoms with Gasteiger partial charge in [0.05, 0.1) is 14.2 Å². The second-order valence-electron chi connectivity index (χ2n) is 3.76. The van der Waals surface area contributed by atoms with E-state index in [1.54, 1.807) is 26.5 Å². The molecule has 2 rings (SSSR count). The minimum Gasteiger partial charge on any atom is -0.493 e. The number of nitrogens with zero attached hydrogens (tertiary/aromatic N) is 1. The van der Waals surface area contributed by atoms with Gasteiger partial charge in [-0.3, -0.25) is 0 Å². The lowest BCUT2D eigenvalue weighted by Crippen LogP contribution is -2.01. The van der Waals surface area contributed by atoms with Gasteiger partial charge in [-0.2, -0.15) is 0 Å². The molecule has 1 aromatic carbocycles. The van der Waals surface area contributed by atoms with Crippen molar-refractivity contribution in [1.82, 2.24) is 4.98 Å². The number of methoxy groups -OCH3 is 2. The smallest absolute Gasteiger partial charge is 0.161 e. The molecule has 4 nitrogen and oxygen atoms in total. The molecule has 0 fully saturated rings. The molecule has 0 bridgehead atoms. The molecule has 0 aliphatic rings. The number of pyridine rings is 1. The third-order valence-corrected chi connectivity index (χ3v) is 2.68. The molecule has 0 amide bonds. The van der Waals surface area contributed by atoms with Crippen molar-refractivity contribution in [2.75, 3.05) is 26.1 Å². The molecule has 0 aliphatic heterocycles. The van der Waals surface area contributed by atoms with Crippen LogP contribution in [0.5, 0.6) is 11.5 Å². The zero-order chi connectivity index (χ0) is 13.0. The maximum Gasteiger partial charge on any atom is 0.161 e. The number of nitrogens with one attached hydrogen (secondary N) is 1. The van der Waals surface area contributed by atoms with Crippen molar-refractivity contribution in [3.8, 4) is 11.5 Å². The van der Waals surface area contributed by atoms with Crippen molar-refractivity contribution < 1.29 is 9.47 Å². The fourth-order valence-corrected chi connectivity index (χ4v) is 1.81. The Hall–Kier alpha value is -2.23. The monoisotopic (exact) mass is 244 g/mol. The SMILES string of the molecule is C=CCNc1nccc2cc(OC)c(OC)cc12. The molecule has 2 aromatic rings. The van der Waals surface area contributed by atoms with Crippen molar-refractivity contribution in [3.05, 3.63) is 37.1 Å². The summed E-state index contributed by atoms with van der Waals surface area (Å²) in [6.07, 6.45) is 3.56. The second kappa shape index (κ2) is 5.40. The van der Waals surface area contributed by atoms with Crippen LogP contribution in [0, 0.1) is 0 Å². The van der Waals surface area contributed by atoms with Crippen LogP contribution in [0.3, 0.4) is 0 Å². The summed E-state index contributed by atoms with van der Waals surface area (Å²) in [5.74, 6) is 2.22. The molecule has 4 heteroatoms. The number of hydrogen-bond acceptors (Lipinski definition) is 4. The highest BCUT2D eigenvalue weighted by atomic mass is 16.5. The predicted octanol–water partition coefficient (Wildman–Crippen LogP) is 2.85. The summed E-state index contributed by atoms with van der Waals surface area (Å²) in [6, 6.07) is 5.80. The average molecular weight is 244 g/mol. The molecule has 0 aliphatic carbocycles. The van der Waals surface area contributed by atoms with Gasteiger partial charge in [-0.05, 0) is 23.6 Å². The van der Waals surface area contributed by atoms with Gasteiger partial charge in [0.15, 0.2) is 11.5 Å². The van der Waals surface area contributed by atoms with Crippen molar-refractivity contribution in [2.45, 2.75) is 0 Å². The van der Waals surface area contributed by atoms with E-state index in [0.717, 1.165) is 16.6 Å². The van der Waals surface area contributed by atoms with Crippen molar-refractivity contribution >= 4 is 16.6 Å². The third kappa shape index (κ3) is 2.22. The maximum atomic E-state index is 5.30. The summed E-state index contributed by atoms with van der Waals surface area (Å²) in [6.45, 7) is 4.35. The Kier molecular flexibility index (Phi) is 3.67. The van der Waals surface area contributed by atoms with Crippen LogP contribution in [-0.4, -0.2) is 25.7 Å². The van der Waals surface area contributed by atoms with E-state index in [4.69, 9.17) is 9.47 Å². The lowest BCUT2D eigenvalue weighted by atomic mass is 10.1. The summed E-state index contributed by atoms with van der Waals surface area (Å²) in [4.78, 5) is 4.32. The average Bonchev–Trinajstić information content (AvgIpc) is 2.43.